The Morgan fingerprint density at radius 2 is 2.13 bits per heavy atom. The lowest BCUT2D eigenvalue weighted by Crippen LogP contribution is -2.45. The minimum atomic E-state index is -0.545. The molecule has 158 valence electrons. The van der Waals surface area contributed by atoms with Crippen LogP contribution < -0.4 is 5.43 Å². The zero-order valence-corrected chi connectivity index (χ0v) is 18.4. The van der Waals surface area contributed by atoms with Gasteiger partial charge in [-0.15, -0.1) is 0 Å². The molecule has 1 aliphatic carbocycles. The van der Waals surface area contributed by atoms with Gasteiger partial charge in [-0.25, -0.2) is 10.4 Å². The van der Waals surface area contributed by atoms with E-state index >= 15 is 0 Å². The number of rotatable bonds is 5. The van der Waals surface area contributed by atoms with Gasteiger partial charge in [0.05, 0.1) is 28.9 Å². The third-order valence-electron chi connectivity index (χ3n) is 7.28. The molecule has 2 aromatic heterocycles. The SMILES string of the molecule is CCn1ncc(C=NNC(=O)[C@@]2(C)CC[C@@H](c3nc4ccccc4[nH]3)C2(C)C)c1C. The van der Waals surface area contributed by atoms with Gasteiger partial charge in [-0.3, -0.25) is 9.48 Å². The number of aryl methyl sites for hydroxylation is 1. The second kappa shape index (κ2) is 7.38. The fraction of sp³-hybridized carbons (Fsp3) is 0.478. The first-order chi connectivity index (χ1) is 14.3. The number of nitrogens with zero attached hydrogens (tertiary/aromatic N) is 4. The number of hydrogen-bond donors (Lipinski definition) is 2. The Morgan fingerprint density at radius 1 is 1.37 bits per heavy atom. The maximum atomic E-state index is 13.2. The van der Waals surface area contributed by atoms with Crippen LogP contribution in [0, 0.1) is 17.8 Å². The maximum absolute atomic E-state index is 13.2. The fourth-order valence-electron chi connectivity index (χ4n) is 4.71. The van der Waals surface area contributed by atoms with Gasteiger partial charge in [0.2, 0.25) is 5.91 Å². The largest absolute Gasteiger partial charge is 0.342 e. The van der Waals surface area contributed by atoms with Crippen molar-refractivity contribution >= 4 is 23.2 Å². The summed E-state index contributed by atoms with van der Waals surface area (Å²) in [5.74, 6) is 1.08. The van der Waals surface area contributed by atoms with Gasteiger partial charge in [0.1, 0.15) is 5.82 Å². The van der Waals surface area contributed by atoms with E-state index in [-0.39, 0.29) is 17.2 Å². The summed E-state index contributed by atoms with van der Waals surface area (Å²) in [6, 6.07) is 8.05. The molecule has 0 bridgehead atoms. The molecule has 1 fully saturated rings. The number of imidazole rings is 1. The molecule has 1 amide bonds. The van der Waals surface area contributed by atoms with Gasteiger partial charge in [0.25, 0.3) is 0 Å². The zero-order chi connectivity index (χ0) is 21.5. The van der Waals surface area contributed by atoms with Crippen molar-refractivity contribution in [3.63, 3.8) is 0 Å². The lowest BCUT2D eigenvalue weighted by Gasteiger charge is -2.39. The molecule has 0 saturated heterocycles. The van der Waals surface area contributed by atoms with Crippen LogP contribution in [0.15, 0.2) is 35.6 Å². The summed E-state index contributed by atoms with van der Waals surface area (Å²) in [6.45, 7) is 11.2. The van der Waals surface area contributed by atoms with Crippen LogP contribution in [0.2, 0.25) is 0 Å². The quantitative estimate of drug-likeness (QED) is 0.493. The third-order valence-corrected chi connectivity index (χ3v) is 7.28. The van der Waals surface area contributed by atoms with Crippen LogP contribution in [0.3, 0.4) is 0 Å². The Bertz CT molecular complexity index is 1080. The highest BCUT2D eigenvalue weighted by Crippen LogP contribution is 2.59. The smallest absolute Gasteiger partial charge is 0.246 e. The number of nitrogens with one attached hydrogen (secondary N) is 2. The molecule has 7 nitrogen and oxygen atoms in total. The van der Waals surface area contributed by atoms with Crippen LogP contribution in [0.4, 0.5) is 0 Å². The average molecular weight is 407 g/mol. The second-order valence-corrected chi connectivity index (χ2v) is 8.98. The molecule has 1 saturated carbocycles. The summed E-state index contributed by atoms with van der Waals surface area (Å²) in [6.07, 6.45) is 5.14. The Labute approximate surface area is 177 Å². The van der Waals surface area contributed by atoms with Gasteiger partial charge in [-0.2, -0.15) is 10.2 Å². The van der Waals surface area contributed by atoms with Crippen molar-refractivity contribution in [2.45, 2.75) is 59.9 Å². The van der Waals surface area contributed by atoms with E-state index in [9.17, 15) is 4.79 Å². The molecule has 0 radical (unpaired) electrons. The molecule has 0 unspecified atom stereocenters. The number of benzene rings is 1. The van der Waals surface area contributed by atoms with Crippen LogP contribution in [0.5, 0.6) is 0 Å². The van der Waals surface area contributed by atoms with Crippen molar-refractivity contribution in [3.8, 4) is 0 Å². The van der Waals surface area contributed by atoms with Gasteiger partial charge in [-0.05, 0) is 44.2 Å². The topological polar surface area (TPSA) is 88.0 Å². The highest BCUT2D eigenvalue weighted by atomic mass is 16.2. The molecule has 0 aliphatic heterocycles. The van der Waals surface area contributed by atoms with Crippen molar-refractivity contribution in [2.24, 2.45) is 15.9 Å². The summed E-state index contributed by atoms with van der Waals surface area (Å²) in [5.41, 5.74) is 5.91. The summed E-state index contributed by atoms with van der Waals surface area (Å²) >= 11 is 0. The molecule has 2 atom stereocenters. The minimum absolute atomic E-state index is 0.0529. The highest BCUT2D eigenvalue weighted by Gasteiger charge is 2.57. The normalized spacial score (nSPS) is 23.4. The van der Waals surface area contributed by atoms with E-state index in [1.54, 1.807) is 12.4 Å². The fourth-order valence-corrected chi connectivity index (χ4v) is 4.71. The summed E-state index contributed by atoms with van der Waals surface area (Å²) in [7, 11) is 0. The average Bonchev–Trinajstić information content (AvgIpc) is 3.36. The molecule has 7 heteroatoms. The Morgan fingerprint density at radius 3 is 2.83 bits per heavy atom. The highest BCUT2D eigenvalue weighted by molar-refractivity contribution is 5.86. The first kappa shape index (κ1) is 20.3. The number of amides is 1. The van der Waals surface area contributed by atoms with Gasteiger partial charge >= 0.3 is 0 Å². The predicted octanol–water partition coefficient (Wildman–Crippen LogP) is 4.15. The third kappa shape index (κ3) is 3.13. The van der Waals surface area contributed by atoms with E-state index in [0.717, 1.165) is 47.5 Å². The number of hydrazone groups is 1. The molecule has 0 spiro atoms. The van der Waals surface area contributed by atoms with Gasteiger partial charge < -0.3 is 4.98 Å². The first-order valence-electron chi connectivity index (χ1n) is 10.6. The first-order valence-corrected chi connectivity index (χ1v) is 10.6. The molecular weight excluding hydrogens is 376 g/mol. The molecule has 30 heavy (non-hydrogen) atoms. The predicted molar refractivity (Wildman–Crippen MR) is 118 cm³/mol. The summed E-state index contributed by atoms with van der Waals surface area (Å²) in [5, 5.41) is 8.55. The van der Waals surface area contributed by atoms with Crippen molar-refractivity contribution in [1.29, 1.82) is 0 Å². The Hall–Kier alpha value is -2.96. The van der Waals surface area contributed by atoms with E-state index in [4.69, 9.17) is 4.98 Å². The monoisotopic (exact) mass is 406 g/mol. The Balaban J connectivity index is 1.52. The van der Waals surface area contributed by atoms with E-state index in [0.29, 0.717) is 0 Å². The number of carbonyl (C=O) groups is 1. The van der Waals surface area contributed by atoms with Crippen LogP contribution in [0.1, 0.15) is 63.5 Å². The van der Waals surface area contributed by atoms with Gasteiger partial charge in [-0.1, -0.05) is 32.9 Å². The Kier molecular flexibility index (Phi) is 5.00. The molecule has 2 N–H and O–H groups in total. The van der Waals surface area contributed by atoms with Crippen molar-refractivity contribution in [1.82, 2.24) is 25.2 Å². The van der Waals surface area contributed by atoms with Crippen LogP contribution >= 0.6 is 0 Å². The lowest BCUT2D eigenvalue weighted by molar-refractivity contribution is -0.135. The second-order valence-electron chi connectivity index (χ2n) is 8.98. The van der Waals surface area contributed by atoms with Crippen LogP contribution in [-0.2, 0) is 11.3 Å². The molecule has 1 aliphatic rings. The van der Waals surface area contributed by atoms with E-state index < -0.39 is 5.41 Å². The van der Waals surface area contributed by atoms with Gasteiger partial charge in [0, 0.05) is 23.7 Å². The zero-order valence-electron chi connectivity index (χ0n) is 18.4. The summed E-state index contributed by atoms with van der Waals surface area (Å²) in [4.78, 5) is 21.5. The lowest BCUT2D eigenvalue weighted by atomic mass is 9.65. The number of hydrogen-bond acceptors (Lipinski definition) is 4. The number of aromatic amines is 1. The number of H-pyrrole nitrogens is 1. The van der Waals surface area contributed by atoms with E-state index in [1.807, 2.05) is 49.7 Å². The van der Waals surface area contributed by atoms with Crippen LogP contribution in [-0.4, -0.2) is 31.9 Å². The van der Waals surface area contributed by atoms with E-state index in [2.05, 4.69) is 34.5 Å². The van der Waals surface area contributed by atoms with Crippen molar-refractivity contribution in [3.05, 3.63) is 47.5 Å². The number of carbonyl (C=O) groups excluding carboxylic acids is 1. The molecule has 1 aromatic carbocycles. The number of aromatic nitrogens is 4. The number of fused-ring (bicyclic) bond motifs is 1. The van der Waals surface area contributed by atoms with Crippen LogP contribution in [0.25, 0.3) is 11.0 Å². The van der Waals surface area contributed by atoms with E-state index in [1.165, 1.54) is 0 Å². The molecular formula is C23H30N6O. The molecule has 2 heterocycles. The minimum Gasteiger partial charge on any atom is -0.342 e. The molecule has 4 rings (SSSR count). The number of para-hydroxylation sites is 2. The summed E-state index contributed by atoms with van der Waals surface area (Å²) < 4.78 is 1.91. The molecule has 3 aromatic rings. The van der Waals surface area contributed by atoms with Crippen molar-refractivity contribution in [2.75, 3.05) is 0 Å². The maximum Gasteiger partial charge on any atom is 0.246 e. The van der Waals surface area contributed by atoms with Crippen molar-refractivity contribution < 1.29 is 4.79 Å². The standard InChI is InChI=1S/C23H30N6O/c1-6-29-15(2)16(14-25-29)13-24-28-21(30)23(5)12-11-17(22(23,3)4)20-26-18-9-7-8-10-19(18)27-20/h7-10,13-14,17H,6,11-12H2,1-5H3,(H,26,27)(H,28,30)/t17-,23+/m0/s1. The van der Waals surface area contributed by atoms with Gasteiger partial charge in [0.15, 0.2) is 0 Å².